The van der Waals surface area contributed by atoms with Gasteiger partial charge >= 0.3 is 6.18 Å². The van der Waals surface area contributed by atoms with Crippen LogP contribution in [0.15, 0.2) is 18.3 Å². The minimum absolute atomic E-state index is 0.0153. The van der Waals surface area contributed by atoms with Gasteiger partial charge in [0.15, 0.2) is 0 Å². The van der Waals surface area contributed by atoms with Gasteiger partial charge in [-0.05, 0) is 25.6 Å². The summed E-state index contributed by atoms with van der Waals surface area (Å²) in [5.74, 6) is -0.0488. The van der Waals surface area contributed by atoms with E-state index in [0.29, 0.717) is 25.6 Å². The van der Waals surface area contributed by atoms with Crippen molar-refractivity contribution in [2.45, 2.75) is 18.7 Å². The van der Waals surface area contributed by atoms with Crippen LogP contribution in [0.3, 0.4) is 0 Å². The summed E-state index contributed by atoms with van der Waals surface area (Å²) >= 11 is 0. The molecule has 5 nitrogen and oxygen atoms in total. The van der Waals surface area contributed by atoms with E-state index >= 15 is 0 Å². The van der Waals surface area contributed by atoms with Gasteiger partial charge in [-0.1, -0.05) is 0 Å². The Balaban J connectivity index is 1.72. The van der Waals surface area contributed by atoms with E-state index in [9.17, 15) is 18.0 Å². The lowest BCUT2D eigenvalue weighted by molar-refractivity contribution is -0.141. The fraction of sp³-hybridized carbons (Fsp3) is 0.625. The Bertz CT molecular complexity index is 608. The standard InChI is InChI=1S/C16H20F3N3O2/c1-21-6-7-24-13-10-22(5-3-12(13)9-21)15(23)11-2-4-20-14(8-11)16(17,18)19/h2,4,8,12-13H,3,5-7,9-10H2,1H3. The van der Waals surface area contributed by atoms with Crippen molar-refractivity contribution in [2.24, 2.45) is 5.92 Å². The predicted octanol–water partition coefficient (Wildman–Crippen LogP) is 1.89. The summed E-state index contributed by atoms with van der Waals surface area (Å²) in [6, 6.07) is 2.14. The van der Waals surface area contributed by atoms with Gasteiger partial charge in [-0.2, -0.15) is 13.2 Å². The normalized spacial score (nSPS) is 25.9. The number of alkyl halides is 3. The molecule has 0 radical (unpaired) electrons. The quantitative estimate of drug-likeness (QED) is 0.781. The van der Waals surface area contributed by atoms with Crippen LogP contribution >= 0.6 is 0 Å². The van der Waals surface area contributed by atoms with Gasteiger partial charge in [0.05, 0.1) is 12.7 Å². The van der Waals surface area contributed by atoms with Gasteiger partial charge in [-0.15, -0.1) is 0 Å². The number of piperidine rings is 1. The molecule has 8 heteroatoms. The maximum atomic E-state index is 12.8. The van der Waals surface area contributed by atoms with Crippen LogP contribution in [0.25, 0.3) is 0 Å². The molecule has 3 rings (SSSR count). The fourth-order valence-corrected chi connectivity index (χ4v) is 3.30. The molecule has 132 valence electrons. The molecular formula is C16H20F3N3O2. The molecule has 2 aliphatic rings. The highest BCUT2D eigenvalue weighted by molar-refractivity contribution is 5.94. The number of nitrogens with zero attached hydrogens (tertiary/aromatic N) is 3. The van der Waals surface area contributed by atoms with Crippen LogP contribution in [-0.4, -0.2) is 66.6 Å². The Labute approximate surface area is 138 Å². The third-order valence-corrected chi connectivity index (χ3v) is 4.63. The SMILES string of the molecule is CN1CCOC2CN(C(=O)c3ccnc(C(F)(F)F)c3)CCC2C1. The van der Waals surface area contributed by atoms with E-state index in [2.05, 4.69) is 9.88 Å². The van der Waals surface area contributed by atoms with Crippen LogP contribution in [0.4, 0.5) is 13.2 Å². The maximum Gasteiger partial charge on any atom is 0.433 e. The number of likely N-dealkylation sites (N-methyl/N-ethyl adjacent to an activating group) is 1. The molecule has 1 aromatic heterocycles. The fourth-order valence-electron chi connectivity index (χ4n) is 3.30. The largest absolute Gasteiger partial charge is 0.433 e. The molecule has 0 saturated carbocycles. The zero-order valence-electron chi connectivity index (χ0n) is 13.4. The van der Waals surface area contributed by atoms with Crippen LogP contribution < -0.4 is 0 Å². The van der Waals surface area contributed by atoms with Gasteiger partial charge in [0.1, 0.15) is 5.69 Å². The maximum absolute atomic E-state index is 12.8. The molecule has 1 amide bonds. The number of halogens is 3. The second-order valence-corrected chi connectivity index (χ2v) is 6.40. The number of hydrogen-bond donors (Lipinski definition) is 0. The highest BCUT2D eigenvalue weighted by Crippen LogP contribution is 2.29. The van der Waals surface area contributed by atoms with E-state index in [1.807, 2.05) is 7.05 Å². The van der Waals surface area contributed by atoms with E-state index in [0.717, 1.165) is 31.8 Å². The smallest absolute Gasteiger partial charge is 0.375 e. The summed E-state index contributed by atoms with van der Waals surface area (Å²) in [5, 5.41) is 0. The Hall–Kier alpha value is -1.67. The molecule has 2 aliphatic heterocycles. The number of ether oxygens (including phenoxy) is 1. The first-order valence-electron chi connectivity index (χ1n) is 7.97. The Morgan fingerprint density at radius 1 is 1.33 bits per heavy atom. The zero-order chi connectivity index (χ0) is 17.3. The Morgan fingerprint density at radius 3 is 2.88 bits per heavy atom. The molecule has 0 aromatic carbocycles. The van der Waals surface area contributed by atoms with Crippen LogP contribution in [0.2, 0.25) is 0 Å². The van der Waals surface area contributed by atoms with Gasteiger partial charge in [0, 0.05) is 43.9 Å². The molecule has 0 bridgehead atoms. The topological polar surface area (TPSA) is 45.7 Å². The summed E-state index contributed by atoms with van der Waals surface area (Å²) in [7, 11) is 2.04. The van der Waals surface area contributed by atoms with Crippen molar-refractivity contribution in [3.05, 3.63) is 29.6 Å². The third kappa shape index (κ3) is 3.70. The van der Waals surface area contributed by atoms with E-state index in [1.54, 1.807) is 4.90 Å². The number of carbonyl (C=O) groups is 1. The lowest BCUT2D eigenvalue weighted by Gasteiger charge is -2.37. The number of amides is 1. The lowest BCUT2D eigenvalue weighted by Crippen LogP contribution is -2.48. The van der Waals surface area contributed by atoms with Crippen LogP contribution in [0.1, 0.15) is 22.5 Å². The van der Waals surface area contributed by atoms with Gasteiger partial charge in [0.2, 0.25) is 0 Å². The number of pyridine rings is 1. The van der Waals surface area contributed by atoms with Crippen molar-refractivity contribution in [2.75, 3.05) is 39.8 Å². The monoisotopic (exact) mass is 343 g/mol. The Kier molecular flexibility index (Phi) is 4.78. The number of fused-ring (bicyclic) bond motifs is 1. The first-order valence-corrected chi connectivity index (χ1v) is 7.97. The summed E-state index contributed by atoms with van der Waals surface area (Å²) in [6.07, 6.45) is -2.80. The molecule has 2 atom stereocenters. The second kappa shape index (κ2) is 6.68. The molecule has 0 N–H and O–H groups in total. The first-order chi connectivity index (χ1) is 11.3. The van der Waals surface area contributed by atoms with Crippen molar-refractivity contribution in [1.29, 1.82) is 0 Å². The molecule has 3 heterocycles. The van der Waals surface area contributed by atoms with Crippen molar-refractivity contribution in [3.63, 3.8) is 0 Å². The zero-order valence-corrected chi connectivity index (χ0v) is 13.4. The average molecular weight is 343 g/mol. The first kappa shape index (κ1) is 17.2. The van der Waals surface area contributed by atoms with E-state index in [4.69, 9.17) is 4.74 Å². The van der Waals surface area contributed by atoms with Crippen molar-refractivity contribution in [3.8, 4) is 0 Å². The van der Waals surface area contributed by atoms with Crippen molar-refractivity contribution < 1.29 is 22.7 Å². The van der Waals surface area contributed by atoms with Gasteiger partial charge in [0.25, 0.3) is 5.91 Å². The van der Waals surface area contributed by atoms with E-state index in [1.165, 1.54) is 6.07 Å². The molecule has 2 saturated heterocycles. The number of aromatic nitrogens is 1. The summed E-state index contributed by atoms with van der Waals surface area (Å²) in [5.41, 5.74) is -1.03. The number of hydrogen-bond acceptors (Lipinski definition) is 4. The second-order valence-electron chi connectivity index (χ2n) is 6.40. The van der Waals surface area contributed by atoms with E-state index < -0.39 is 17.8 Å². The highest BCUT2D eigenvalue weighted by Gasteiger charge is 2.36. The minimum Gasteiger partial charge on any atom is -0.375 e. The molecule has 2 fully saturated rings. The number of likely N-dealkylation sites (tertiary alicyclic amines) is 1. The molecule has 24 heavy (non-hydrogen) atoms. The molecule has 0 aliphatic carbocycles. The van der Waals surface area contributed by atoms with Gasteiger partial charge in [-0.3, -0.25) is 9.78 Å². The van der Waals surface area contributed by atoms with Crippen molar-refractivity contribution >= 4 is 5.91 Å². The van der Waals surface area contributed by atoms with Crippen LogP contribution in [0, 0.1) is 5.92 Å². The molecular weight excluding hydrogens is 323 g/mol. The molecule has 0 spiro atoms. The number of carbonyl (C=O) groups excluding carboxylic acids is 1. The van der Waals surface area contributed by atoms with Gasteiger partial charge in [-0.25, -0.2) is 0 Å². The molecule has 1 aromatic rings. The van der Waals surface area contributed by atoms with Crippen molar-refractivity contribution in [1.82, 2.24) is 14.8 Å². The lowest BCUT2D eigenvalue weighted by atomic mass is 9.93. The van der Waals surface area contributed by atoms with Crippen LogP contribution in [-0.2, 0) is 10.9 Å². The summed E-state index contributed by atoms with van der Waals surface area (Å²) < 4.78 is 44.1. The predicted molar refractivity (Wildman–Crippen MR) is 80.5 cm³/mol. The number of rotatable bonds is 1. The highest BCUT2D eigenvalue weighted by atomic mass is 19.4. The molecule has 2 unspecified atom stereocenters. The Morgan fingerprint density at radius 2 is 2.12 bits per heavy atom. The summed E-state index contributed by atoms with van der Waals surface area (Å²) in [6.45, 7) is 3.31. The average Bonchev–Trinajstić information content (AvgIpc) is 2.73. The van der Waals surface area contributed by atoms with Crippen LogP contribution in [0.5, 0.6) is 0 Å². The van der Waals surface area contributed by atoms with Gasteiger partial charge < -0.3 is 14.5 Å². The third-order valence-electron chi connectivity index (χ3n) is 4.63. The minimum atomic E-state index is -4.56. The summed E-state index contributed by atoms with van der Waals surface area (Å²) in [4.78, 5) is 19.7. The van der Waals surface area contributed by atoms with E-state index in [-0.39, 0.29) is 11.7 Å².